The van der Waals surface area contributed by atoms with Crippen LogP contribution in [0.5, 0.6) is 0 Å². The molecule has 1 aromatic carbocycles. The number of hydrogen-bond acceptors (Lipinski definition) is 22. The first kappa shape index (κ1) is 49.5. The van der Waals surface area contributed by atoms with Crippen molar-refractivity contribution in [2.75, 3.05) is 13.2 Å². The van der Waals surface area contributed by atoms with Crippen molar-refractivity contribution in [1.29, 1.82) is 0 Å². The Morgan fingerprint density at radius 2 is 1.12 bits per heavy atom. The Morgan fingerprint density at radius 1 is 0.591 bits per heavy atom. The number of carbonyl (C=O) groups is 8. The molecule has 1 aliphatic carbocycles. The number of carbonyl (C=O) groups excluding carboxylic acids is 8. The molecule has 0 aromatic heterocycles. The third-order valence-corrected chi connectivity index (χ3v) is 11.0. The molecule has 22 nitrogen and oxygen atoms in total. The summed E-state index contributed by atoms with van der Waals surface area (Å²) in [5, 5.41) is 0. The van der Waals surface area contributed by atoms with Crippen molar-refractivity contribution in [1.82, 2.24) is 0 Å². The summed E-state index contributed by atoms with van der Waals surface area (Å²) in [6, 6.07) is 8.97. The summed E-state index contributed by atoms with van der Waals surface area (Å²) in [6.45, 7) is 8.30. The lowest BCUT2D eigenvalue weighted by molar-refractivity contribution is -0.349. The molecular formula is C44H52O22. The van der Waals surface area contributed by atoms with E-state index >= 15 is 0 Å². The largest absolute Gasteiger partial charge is 0.472 e. The van der Waals surface area contributed by atoms with E-state index < -0.39 is 158 Å². The lowest BCUT2D eigenvalue weighted by Crippen LogP contribution is -2.64. The van der Waals surface area contributed by atoms with Crippen molar-refractivity contribution in [2.24, 2.45) is 11.8 Å². The van der Waals surface area contributed by atoms with Crippen LogP contribution in [0.1, 0.15) is 61.0 Å². The molecule has 6 rings (SSSR count). The average Bonchev–Trinajstić information content (AvgIpc) is 3.89. The molecule has 4 heterocycles. The molecule has 1 saturated carbocycles. The van der Waals surface area contributed by atoms with Gasteiger partial charge >= 0.3 is 47.8 Å². The third-order valence-electron chi connectivity index (χ3n) is 11.0. The third kappa shape index (κ3) is 11.7. The lowest BCUT2D eigenvalue weighted by Gasteiger charge is -2.46. The second-order valence-corrected chi connectivity index (χ2v) is 16.0. The van der Waals surface area contributed by atoms with Crippen LogP contribution in [0.2, 0.25) is 0 Å². The number of esters is 8. The van der Waals surface area contributed by atoms with Gasteiger partial charge in [-0.05, 0) is 24.6 Å². The zero-order chi connectivity index (χ0) is 48.0. The van der Waals surface area contributed by atoms with Gasteiger partial charge in [0.05, 0.1) is 24.4 Å². The van der Waals surface area contributed by atoms with Crippen LogP contribution >= 0.6 is 0 Å². The normalized spacial score (nSPS) is 35.1. The molecule has 360 valence electrons. The van der Waals surface area contributed by atoms with Gasteiger partial charge in [-0.15, -0.1) is 0 Å². The highest BCUT2D eigenvalue weighted by Crippen LogP contribution is 2.61. The minimum atomic E-state index is -1.70. The van der Waals surface area contributed by atoms with Crippen LogP contribution in [0, 0.1) is 11.8 Å². The first-order valence-electron chi connectivity index (χ1n) is 21.0. The minimum absolute atomic E-state index is 0.411. The van der Waals surface area contributed by atoms with Gasteiger partial charge in [-0.2, -0.15) is 0 Å². The van der Waals surface area contributed by atoms with E-state index in [0.717, 1.165) is 54.0 Å². The minimum Gasteiger partial charge on any atom is -0.472 e. The van der Waals surface area contributed by atoms with E-state index in [1.54, 1.807) is 36.4 Å². The molecule has 16 atom stereocenters. The molecule has 3 unspecified atom stereocenters. The van der Waals surface area contributed by atoms with Crippen LogP contribution < -0.4 is 0 Å². The summed E-state index contributed by atoms with van der Waals surface area (Å²) < 4.78 is 82.2. The Morgan fingerprint density at radius 3 is 1.70 bits per heavy atom. The molecule has 22 heteroatoms. The summed E-state index contributed by atoms with van der Waals surface area (Å²) >= 11 is 0. The van der Waals surface area contributed by atoms with Crippen LogP contribution in [0.4, 0.5) is 0 Å². The van der Waals surface area contributed by atoms with Gasteiger partial charge in [0.2, 0.25) is 12.6 Å². The van der Waals surface area contributed by atoms with E-state index in [1.165, 1.54) is 19.3 Å². The summed E-state index contributed by atoms with van der Waals surface area (Å²) in [4.78, 5) is 99.7. The molecule has 4 fully saturated rings. The molecule has 0 N–H and O–H groups in total. The first-order valence-corrected chi connectivity index (χ1v) is 21.0. The van der Waals surface area contributed by atoms with Crippen molar-refractivity contribution in [3.8, 4) is 0 Å². The summed E-state index contributed by atoms with van der Waals surface area (Å²) in [5.74, 6) is -8.15. The monoisotopic (exact) mass is 932 g/mol. The Balaban J connectivity index is 1.36. The van der Waals surface area contributed by atoms with Crippen LogP contribution in [-0.2, 0) is 105 Å². The smallest absolute Gasteiger partial charge is 0.330 e. The fourth-order valence-electron chi connectivity index (χ4n) is 8.60. The van der Waals surface area contributed by atoms with E-state index in [4.69, 9.17) is 66.3 Å². The maximum absolute atomic E-state index is 13.2. The predicted molar refractivity (Wildman–Crippen MR) is 214 cm³/mol. The highest BCUT2D eigenvalue weighted by Gasteiger charge is 2.78. The maximum Gasteiger partial charge on any atom is 0.330 e. The average molecular weight is 933 g/mol. The molecule has 0 amide bonds. The van der Waals surface area contributed by atoms with Gasteiger partial charge in [0.15, 0.2) is 42.9 Å². The molecule has 0 bridgehead atoms. The van der Waals surface area contributed by atoms with Gasteiger partial charge in [-0.25, -0.2) is 4.79 Å². The Kier molecular flexibility index (Phi) is 15.8. The molecule has 5 aliphatic rings. The number of rotatable bonds is 16. The summed E-state index contributed by atoms with van der Waals surface area (Å²) in [7, 11) is 0. The van der Waals surface area contributed by atoms with Crippen molar-refractivity contribution in [3.05, 3.63) is 54.3 Å². The van der Waals surface area contributed by atoms with Crippen molar-refractivity contribution >= 4 is 53.8 Å². The van der Waals surface area contributed by atoms with Crippen LogP contribution in [0.15, 0.2) is 48.7 Å². The number of benzene rings is 1. The second-order valence-electron chi connectivity index (χ2n) is 16.0. The Labute approximate surface area is 378 Å². The zero-order valence-electron chi connectivity index (χ0n) is 37.3. The Bertz CT molecular complexity index is 2050. The molecule has 0 spiro atoms. The molecule has 4 aliphatic heterocycles. The highest BCUT2D eigenvalue weighted by atomic mass is 16.8. The standard InChI is InChI=1S/C44H52O22/c1-20-33(57-22(3)46)36(59-24(5)48)38(61-26(7)50)42(56-20)64-34-29-16-17-53-41(32(29)44(40(34)66-44)19-55-31(52)15-14-28-12-10-9-11-13-28)65-43-39(62-27(8)51)37(60-25(6)49)35(58-23(4)47)30(63-43)18-54-21(2)45/h9-17,20,29-30,32-43H,18-19H2,1-8H3/b15-14+/t20-,29?,30-,32?,33+,34+,35-,36-,37+,38+,39-,40+,41?,42+,43+,44-/m1/s1. The highest BCUT2D eigenvalue weighted by molar-refractivity contribution is 5.87. The summed E-state index contributed by atoms with van der Waals surface area (Å²) in [5.41, 5.74) is -0.731. The van der Waals surface area contributed by atoms with E-state index in [9.17, 15) is 38.4 Å². The maximum atomic E-state index is 13.2. The van der Waals surface area contributed by atoms with Crippen molar-refractivity contribution < 1.29 is 105 Å². The topological polar surface area (TPSA) is 269 Å². The molecule has 1 aromatic rings. The fourth-order valence-corrected chi connectivity index (χ4v) is 8.60. The van der Waals surface area contributed by atoms with Gasteiger partial charge < -0.3 is 66.3 Å². The van der Waals surface area contributed by atoms with Gasteiger partial charge in [0, 0.05) is 60.5 Å². The predicted octanol–water partition coefficient (Wildman–Crippen LogP) is 1.52. The first-order chi connectivity index (χ1) is 31.3. The number of fused-ring (bicyclic) bond motifs is 3. The quantitative estimate of drug-likeness (QED) is 0.0984. The number of ether oxygens (including phenoxy) is 14. The van der Waals surface area contributed by atoms with Gasteiger partial charge in [-0.1, -0.05) is 30.3 Å². The van der Waals surface area contributed by atoms with Crippen molar-refractivity contribution in [3.63, 3.8) is 0 Å². The van der Waals surface area contributed by atoms with E-state index in [2.05, 4.69) is 0 Å². The van der Waals surface area contributed by atoms with Crippen LogP contribution in [0.3, 0.4) is 0 Å². The lowest BCUT2D eigenvalue weighted by atomic mass is 9.85. The van der Waals surface area contributed by atoms with E-state index in [-0.39, 0.29) is 0 Å². The van der Waals surface area contributed by atoms with E-state index in [0.29, 0.717) is 0 Å². The SMILES string of the molecule is CC(=O)OC[C@H]1O[C@@H](OC2OC=CC3C2[C@@]2(COC(=O)/C=C/c4ccccc4)O[C@H]2[C@H]3O[C@@H]2O[C@H](C)[C@H](OC(C)=O)[C@@H](OC(C)=O)[C@@H]2OC(C)=O)[C@H](OC(C)=O)[C@@H](OC(C)=O)[C@@H]1OC(C)=O. The number of epoxide rings is 1. The van der Waals surface area contributed by atoms with E-state index in [1.807, 2.05) is 6.07 Å². The molecular weight excluding hydrogens is 880 g/mol. The Hall–Kier alpha value is -5.94. The van der Waals surface area contributed by atoms with Crippen LogP contribution in [-0.4, -0.2) is 146 Å². The number of hydrogen-bond donors (Lipinski definition) is 0. The fraction of sp³-hybridized carbons (Fsp3) is 0.591. The second kappa shape index (κ2) is 21.1. The van der Waals surface area contributed by atoms with Crippen molar-refractivity contribution in [2.45, 2.75) is 141 Å². The molecule has 3 saturated heterocycles. The van der Waals surface area contributed by atoms with Gasteiger partial charge in [0.1, 0.15) is 31.0 Å². The van der Waals surface area contributed by atoms with Gasteiger partial charge in [-0.3, -0.25) is 33.6 Å². The van der Waals surface area contributed by atoms with Gasteiger partial charge in [0.25, 0.3) is 0 Å². The van der Waals surface area contributed by atoms with Crippen LogP contribution in [0.25, 0.3) is 6.08 Å². The summed E-state index contributed by atoms with van der Waals surface area (Å²) in [6.07, 6.45) is -12.1. The zero-order valence-corrected chi connectivity index (χ0v) is 37.3. The molecule has 0 radical (unpaired) electrons. The molecule has 66 heavy (non-hydrogen) atoms.